The molecule has 0 aliphatic carbocycles. The second-order valence-corrected chi connectivity index (χ2v) is 10.1. The van der Waals surface area contributed by atoms with E-state index in [1.54, 1.807) is 36.5 Å². The summed E-state index contributed by atoms with van der Waals surface area (Å²) in [5.41, 5.74) is 1.63. The third-order valence-corrected chi connectivity index (χ3v) is 7.04. The van der Waals surface area contributed by atoms with Crippen LogP contribution in [0.4, 0.5) is 5.82 Å². The number of thiophene rings is 1. The Bertz CT molecular complexity index is 1620. The fraction of sp³-hybridized carbons (Fsp3) is 0.120. The van der Waals surface area contributed by atoms with Crippen LogP contribution >= 0.6 is 34.5 Å². The predicted octanol–water partition coefficient (Wildman–Crippen LogP) is 5.43. The largest absolute Gasteiger partial charge is 0.496 e. The monoisotopic (exact) mass is 555 g/mol. The number of carbonyl (C=O) groups is 1. The van der Waals surface area contributed by atoms with Crippen molar-refractivity contribution in [1.29, 1.82) is 0 Å². The van der Waals surface area contributed by atoms with Crippen LogP contribution in [-0.4, -0.2) is 32.5 Å². The Balaban J connectivity index is 1.56. The van der Waals surface area contributed by atoms with E-state index in [0.717, 1.165) is 4.88 Å². The van der Waals surface area contributed by atoms with Gasteiger partial charge < -0.3 is 19.1 Å². The van der Waals surface area contributed by atoms with Gasteiger partial charge in [0.15, 0.2) is 0 Å². The highest BCUT2D eigenvalue weighted by Gasteiger charge is 2.22. The van der Waals surface area contributed by atoms with Gasteiger partial charge in [-0.25, -0.2) is 0 Å². The van der Waals surface area contributed by atoms with Crippen molar-refractivity contribution in [3.8, 4) is 17.0 Å². The first-order valence-corrected chi connectivity index (χ1v) is 12.5. The fourth-order valence-electron chi connectivity index (χ4n) is 3.72. The van der Waals surface area contributed by atoms with Crippen LogP contribution in [0.1, 0.15) is 20.8 Å². The molecule has 1 aromatic carbocycles. The molecule has 37 heavy (non-hydrogen) atoms. The van der Waals surface area contributed by atoms with Gasteiger partial charge in [0.1, 0.15) is 17.8 Å². The number of carbonyl (C=O) groups excluding carboxylic acids is 1. The molecule has 188 valence electrons. The summed E-state index contributed by atoms with van der Waals surface area (Å²) in [6.07, 6.45) is 4.58. The lowest BCUT2D eigenvalue weighted by molar-refractivity contribution is 0.0945. The number of benzene rings is 1. The summed E-state index contributed by atoms with van der Waals surface area (Å²) < 4.78 is 13.6. The maximum absolute atomic E-state index is 13.6. The number of hydrogen-bond donors (Lipinski definition) is 1. The number of para-hydroxylation sites is 1. The molecule has 5 aromatic rings. The van der Waals surface area contributed by atoms with E-state index < -0.39 is 5.91 Å². The molecule has 0 radical (unpaired) electrons. The molecule has 9 nitrogen and oxygen atoms in total. The first-order valence-electron chi connectivity index (χ1n) is 11.0. The summed E-state index contributed by atoms with van der Waals surface area (Å²) in [6, 6.07) is 13.6. The van der Waals surface area contributed by atoms with Gasteiger partial charge in [0.05, 0.1) is 47.0 Å². The van der Waals surface area contributed by atoms with E-state index >= 15 is 0 Å². The maximum Gasteiger partial charge on any atom is 0.283 e. The van der Waals surface area contributed by atoms with Crippen LogP contribution in [0.5, 0.6) is 5.75 Å². The van der Waals surface area contributed by atoms with Gasteiger partial charge in [-0.15, -0.1) is 11.3 Å². The van der Waals surface area contributed by atoms with Crippen molar-refractivity contribution >= 4 is 46.3 Å². The summed E-state index contributed by atoms with van der Waals surface area (Å²) in [7, 11) is 1.50. The maximum atomic E-state index is 13.6. The topological polar surface area (TPSA) is 104 Å². The van der Waals surface area contributed by atoms with Gasteiger partial charge >= 0.3 is 0 Å². The molecule has 0 aliphatic heterocycles. The number of hydrogen-bond acceptors (Lipinski definition) is 8. The third-order valence-electron chi connectivity index (χ3n) is 5.50. The van der Waals surface area contributed by atoms with Crippen molar-refractivity contribution in [2.45, 2.75) is 13.1 Å². The van der Waals surface area contributed by atoms with E-state index in [2.05, 4.69) is 15.6 Å². The number of nitrogens with zero attached hydrogens (tertiary/aromatic N) is 4. The zero-order valence-electron chi connectivity index (χ0n) is 19.4. The molecule has 5 rings (SSSR count). The second-order valence-electron chi connectivity index (χ2n) is 7.93. The Kier molecular flexibility index (Phi) is 7.13. The predicted molar refractivity (Wildman–Crippen MR) is 142 cm³/mol. The molecule has 0 amide bonds. The highest BCUT2D eigenvalue weighted by atomic mass is 35.5. The van der Waals surface area contributed by atoms with Crippen molar-refractivity contribution in [2.75, 3.05) is 12.4 Å². The van der Waals surface area contributed by atoms with Gasteiger partial charge in [0.25, 0.3) is 11.5 Å². The average molecular weight is 556 g/mol. The Morgan fingerprint density at radius 2 is 2.03 bits per heavy atom. The fourth-order valence-corrected chi connectivity index (χ4v) is 4.98. The number of aromatic nitrogens is 4. The van der Waals surface area contributed by atoms with E-state index in [-0.39, 0.29) is 17.1 Å². The Morgan fingerprint density at radius 3 is 2.76 bits per heavy atom. The summed E-state index contributed by atoms with van der Waals surface area (Å²) >= 11 is 14.0. The Labute approximate surface area is 224 Å². The number of halogens is 2. The first-order chi connectivity index (χ1) is 17.9. The molecular weight excluding hydrogens is 537 g/mol. The van der Waals surface area contributed by atoms with Gasteiger partial charge in [0, 0.05) is 34.3 Å². The number of pyridine rings is 1. The normalized spacial score (nSPS) is 11.0. The Hall–Kier alpha value is -3.86. The number of rotatable bonds is 8. The van der Waals surface area contributed by atoms with Crippen LogP contribution in [0.15, 0.2) is 76.5 Å². The summed E-state index contributed by atoms with van der Waals surface area (Å²) in [6.45, 7) is 0.653. The number of methoxy groups -OCH3 is 1. The van der Waals surface area contributed by atoms with Gasteiger partial charge in [-0.1, -0.05) is 40.5 Å². The van der Waals surface area contributed by atoms with Gasteiger partial charge in [-0.3, -0.25) is 9.59 Å². The molecule has 0 aliphatic rings. The zero-order valence-corrected chi connectivity index (χ0v) is 21.7. The molecule has 4 heterocycles. The third kappa shape index (κ3) is 5.31. The SMILES string of the molecule is COc1ccccc1C(=O)n1nc(-c2cn(Cc3cnoc3)c(=O)cc2Cl)cc1NCc1ccc(Cl)s1. The molecule has 0 fully saturated rings. The van der Waals surface area contributed by atoms with Crippen molar-refractivity contribution in [3.05, 3.63) is 103 Å². The molecule has 12 heteroatoms. The van der Waals surface area contributed by atoms with Gasteiger partial charge in [-0.05, 0) is 24.3 Å². The molecule has 1 N–H and O–H groups in total. The average Bonchev–Trinajstić information content (AvgIpc) is 3.65. The van der Waals surface area contributed by atoms with Crippen LogP contribution in [0.25, 0.3) is 11.3 Å². The van der Waals surface area contributed by atoms with E-state index in [4.69, 9.17) is 32.5 Å². The lowest BCUT2D eigenvalue weighted by atomic mass is 10.2. The molecule has 0 saturated carbocycles. The van der Waals surface area contributed by atoms with Gasteiger partial charge in [0.2, 0.25) is 0 Å². The van der Waals surface area contributed by atoms with E-state index in [9.17, 15) is 9.59 Å². The summed E-state index contributed by atoms with van der Waals surface area (Å²) in [5, 5.41) is 11.7. The smallest absolute Gasteiger partial charge is 0.283 e. The van der Waals surface area contributed by atoms with Crippen LogP contribution < -0.4 is 15.6 Å². The summed E-state index contributed by atoms with van der Waals surface area (Å²) in [5.74, 6) is 0.452. The lowest BCUT2D eigenvalue weighted by Gasteiger charge is -2.10. The lowest BCUT2D eigenvalue weighted by Crippen LogP contribution is -2.19. The van der Waals surface area contributed by atoms with E-state index in [0.29, 0.717) is 44.8 Å². The number of anilines is 1. The summed E-state index contributed by atoms with van der Waals surface area (Å²) in [4.78, 5) is 27.1. The number of nitrogens with one attached hydrogen (secondary N) is 1. The van der Waals surface area contributed by atoms with Crippen LogP contribution in [0.3, 0.4) is 0 Å². The highest BCUT2D eigenvalue weighted by molar-refractivity contribution is 7.16. The zero-order chi connectivity index (χ0) is 25.9. The molecule has 0 spiro atoms. The van der Waals surface area contributed by atoms with Crippen LogP contribution in [0.2, 0.25) is 9.36 Å². The molecule has 0 unspecified atom stereocenters. The van der Waals surface area contributed by atoms with Gasteiger partial charge in [-0.2, -0.15) is 9.78 Å². The van der Waals surface area contributed by atoms with Crippen molar-refractivity contribution < 1.29 is 14.1 Å². The quantitative estimate of drug-likeness (QED) is 0.272. The second kappa shape index (κ2) is 10.6. The molecular formula is C25H19Cl2N5O4S. The minimum absolute atomic E-state index is 0.206. The number of ether oxygens (including phenoxy) is 1. The first kappa shape index (κ1) is 24.8. The standard InChI is InChI=1S/C25H19Cl2N5O4S/c1-35-21-5-3-2-4-17(21)25(34)32-23(28-11-16-6-7-22(27)37-16)9-20(30-32)18-13-31(24(33)8-19(18)26)12-15-10-29-36-14-15/h2-10,13-14,28H,11-12H2,1H3. The van der Waals surface area contributed by atoms with Crippen molar-refractivity contribution in [1.82, 2.24) is 19.5 Å². The molecule has 0 saturated heterocycles. The minimum Gasteiger partial charge on any atom is -0.496 e. The van der Waals surface area contributed by atoms with E-state index in [1.807, 2.05) is 12.1 Å². The van der Waals surface area contributed by atoms with Crippen molar-refractivity contribution in [2.24, 2.45) is 0 Å². The molecule has 0 atom stereocenters. The molecule has 4 aromatic heterocycles. The van der Waals surface area contributed by atoms with Crippen LogP contribution in [0, 0.1) is 0 Å². The van der Waals surface area contributed by atoms with E-state index in [1.165, 1.54) is 46.2 Å². The minimum atomic E-state index is -0.399. The highest BCUT2D eigenvalue weighted by Crippen LogP contribution is 2.30. The molecule has 0 bridgehead atoms. The Morgan fingerprint density at radius 1 is 1.19 bits per heavy atom. The van der Waals surface area contributed by atoms with Crippen molar-refractivity contribution in [3.63, 3.8) is 0 Å². The van der Waals surface area contributed by atoms with Crippen LogP contribution in [-0.2, 0) is 13.1 Å².